The summed E-state index contributed by atoms with van der Waals surface area (Å²) in [5, 5.41) is 0.782. The van der Waals surface area contributed by atoms with E-state index in [-0.39, 0.29) is 6.54 Å². The van der Waals surface area contributed by atoms with Crippen molar-refractivity contribution >= 4 is 54.2 Å². The van der Waals surface area contributed by atoms with Crippen LogP contribution in [0, 0.1) is 3.57 Å². The Hall–Kier alpha value is -0.670. The molecule has 0 aliphatic rings. The Kier molecular flexibility index (Phi) is 6.22. The lowest BCUT2D eigenvalue weighted by Crippen LogP contribution is -2.31. The predicted molar refractivity (Wildman–Crippen MR) is 102 cm³/mol. The molecule has 0 amide bonds. The maximum Gasteiger partial charge on any atom is 0.232 e. The van der Waals surface area contributed by atoms with E-state index in [1.165, 1.54) is 10.6 Å². The molecule has 2 aromatic rings. The summed E-state index contributed by atoms with van der Waals surface area (Å²) in [5.74, 6) is 0. The number of para-hydroxylation sites is 1. The van der Waals surface area contributed by atoms with Crippen LogP contribution in [0.4, 0.5) is 5.69 Å². The molecule has 0 aliphatic heterocycles. The van der Waals surface area contributed by atoms with Crippen LogP contribution in [0.3, 0.4) is 0 Å². The number of hydrogen-bond acceptors (Lipinski definition) is 3. The van der Waals surface area contributed by atoms with Gasteiger partial charge < -0.3 is 0 Å². The molecule has 0 bridgehead atoms. The highest BCUT2D eigenvalue weighted by atomic mass is 127. The van der Waals surface area contributed by atoms with Gasteiger partial charge in [0, 0.05) is 21.3 Å². The molecule has 0 radical (unpaired) electrons. The standard InChI is InChI=1S/C15H16BrIN2O2S/c1-22(20,21)19(11-12-4-3-9-18-10-12)15-13(7-8-16)5-2-6-14(15)17/h2-6,9-10H,7-8,11H2,1H3. The minimum atomic E-state index is -3.39. The van der Waals surface area contributed by atoms with Crippen LogP contribution in [0.25, 0.3) is 0 Å². The molecule has 0 saturated carbocycles. The Balaban J connectivity index is 2.51. The van der Waals surface area contributed by atoms with Crippen LogP contribution in [0.5, 0.6) is 0 Å². The average Bonchev–Trinajstić information content (AvgIpc) is 2.46. The summed E-state index contributed by atoms with van der Waals surface area (Å²) in [5.41, 5.74) is 2.63. The van der Waals surface area contributed by atoms with Crippen LogP contribution < -0.4 is 4.31 Å². The van der Waals surface area contributed by atoms with Gasteiger partial charge in [-0.15, -0.1) is 0 Å². The monoisotopic (exact) mass is 494 g/mol. The van der Waals surface area contributed by atoms with Gasteiger partial charge in [-0.1, -0.05) is 34.1 Å². The lowest BCUT2D eigenvalue weighted by molar-refractivity contribution is 0.596. The van der Waals surface area contributed by atoms with E-state index in [0.29, 0.717) is 0 Å². The zero-order valence-corrected chi connectivity index (χ0v) is 16.6. The highest BCUT2D eigenvalue weighted by molar-refractivity contribution is 14.1. The zero-order valence-electron chi connectivity index (χ0n) is 12.0. The molecule has 0 atom stereocenters. The first kappa shape index (κ1) is 17.7. The maximum atomic E-state index is 12.3. The first-order valence-corrected chi connectivity index (χ1v) is 10.7. The lowest BCUT2D eigenvalue weighted by Gasteiger charge is -2.26. The van der Waals surface area contributed by atoms with Crippen LogP contribution in [0.1, 0.15) is 11.1 Å². The molecule has 0 saturated heterocycles. The second kappa shape index (κ2) is 7.74. The summed E-state index contributed by atoms with van der Waals surface area (Å²) in [6, 6.07) is 9.54. The minimum Gasteiger partial charge on any atom is -0.265 e. The number of aromatic nitrogens is 1. The molecule has 1 aromatic carbocycles. The van der Waals surface area contributed by atoms with E-state index in [1.807, 2.05) is 30.3 Å². The summed E-state index contributed by atoms with van der Waals surface area (Å²) in [4.78, 5) is 4.06. The number of rotatable bonds is 6. The van der Waals surface area contributed by atoms with Gasteiger partial charge in [0.2, 0.25) is 10.0 Å². The van der Waals surface area contributed by atoms with E-state index in [1.54, 1.807) is 12.4 Å². The first-order chi connectivity index (χ1) is 10.4. The van der Waals surface area contributed by atoms with Gasteiger partial charge in [-0.3, -0.25) is 9.29 Å². The molecule has 1 heterocycles. The number of aryl methyl sites for hydroxylation is 1. The Morgan fingerprint density at radius 3 is 2.64 bits per heavy atom. The van der Waals surface area contributed by atoms with Crippen molar-refractivity contribution in [1.82, 2.24) is 4.98 Å². The normalized spacial score (nSPS) is 11.4. The van der Waals surface area contributed by atoms with Gasteiger partial charge in [-0.2, -0.15) is 0 Å². The van der Waals surface area contributed by atoms with Gasteiger partial charge in [0.15, 0.2) is 0 Å². The number of benzene rings is 1. The number of alkyl halides is 1. The van der Waals surface area contributed by atoms with Crippen molar-refractivity contribution in [2.75, 3.05) is 15.9 Å². The number of pyridine rings is 1. The average molecular weight is 495 g/mol. The lowest BCUT2D eigenvalue weighted by atomic mass is 10.1. The number of anilines is 1. The van der Waals surface area contributed by atoms with E-state index in [9.17, 15) is 8.42 Å². The molecule has 1 aromatic heterocycles. The van der Waals surface area contributed by atoms with E-state index >= 15 is 0 Å². The third-order valence-corrected chi connectivity index (χ3v) is 5.51. The molecule has 0 fully saturated rings. The van der Waals surface area contributed by atoms with E-state index in [4.69, 9.17) is 0 Å². The maximum absolute atomic E-state index is 12.3. The number of nitrogens with zero attached hydrogens (tertiary/aromatic N) is 2. The smallest absolute Gasteiger partial charge is 0.232 e. The molecular formula is C15H16BrIN2O2S. The first-order valence-electron chi connectivity index (χ1n) is 6.63. The summed E-state index contributed by atoms with van der Waals surface area (Å²) in [6.07, 6.45) is 5.38. The number of halogens is 2. The van der Waals surface area contributed by atoms with Crippen LogP contribution in [-0.4, -0.2) is 25.0 Å². The molecule has 0 spiro atoms. The molecular weight excluding hydrogens is 479 g/mol. The van der Waals surface area contributed by atoms with E-state index in [0.717, 1.165) is 32.1 Å². The van der Waals surface area contributed by atoms with Crippen LogP contribution >= 0.6 is 38.5 Å². The van der Waals surface area contributed by atoms with E-state index in [2.05, 4.69) is 43.5 Å². The topological polar surface area (TPSA) is 50.3 Å². The van der Waals surface area contributed by atoms with Gasteiger partial charge in [0.05, 0.1) is 18.5 Å². The second-order valence-electron chi connectivity index (χ2n) is 4.82. The zero-order chi connectivity index (χ0) is 16.2. The highest BCUT2D eigenvalue weighted by Crippen LogP contribution is 2.31. The molecule has 0 unspecified atom stereocenters. The predicted octanol–water partition coefficient (Wildman–Crippen LogP) is 3.59. The SMILES string of the molecule is CS(=O)(=O)N(Cc1cccnc1)c1c(I)cccc1CCBr. The quantitative estimate of drug-likeness (QED) is 0.455. The molecule has 7 heteroatoms. The highest BCUT2D eigenvalue weighted by Gasteiger charge is 2.23. The van der Waals surface area contributed by atoms with Gasteiger partial charge in [0.25, 0.3) is 0 Å². The molecule has 22 heavy (non-hydrogen) atoms. The molecule has 2 rings (SSSR count). The second-order valence-corrected chi connectivity index (χ2v) is 8.68. The summed E-state index contributed by atoms with van der Waals surface area (Å²) in [7, 11) is -3.39. The minimum absolute atomic E-state index is 0.280. The van der Waals surface area contributed by atoms with Gasteiger partial charge in [-0.05, 0) is 52.3 Å². The summed E-state index contributed by atoms with van der Waals surface area (Å²) >= 11 is 5.62. The Morgan fingerprint density at radius 1 is 1.27 bits per heavy atom. The summed E-state index contributed by atoms with van der Waals surface area (Å²) in [6.45, 7) is 0.280. The Bertz CT molecular complexity index is 738. The van der Waals surface area contributed by atoms with Crippen LogP contribution in [-0.2, 0) is 23.0 Å². The molecule has 0 N–H and O–H groups in total. The van der Waals surface area contributed by atoms with Crippen LogP contribution in [0.15, 0.2) is 42.7 Å². The van der Waals surface area contributed by atoms with Gasteiger partial charge >= 0.3 is 0 Å². The number of sulfonamides is 1. The van der Waals surface area contributed by atoms with Crippen molar-refractivity contribution in [1.29, 1.82) is 0 Å². The fraction of sp³-hybridized carbons (Fsp3) is 0.267. The third-order valence-electron chi connectivity index (χ3n) is 3.13. The van der Waals surface area contributed by atoms with Crippen molar-refractivity contribution in [2.24, 2.45) is 0 Å². The van der Waals surface area contributed by atoms with Crippen molar-refractivity contribution in [2.45, 2.75) is 13.0 Å². The number of hydrogen-bond donors (Lipinski definition) is 0. The Morgan fingerprint density at radius 2 is 2.05 bits per heavy atom. The fourth-order valence-electron chi connectivity index (χ4n) is 2.16. The van der Waals surface area contributed by atoms with Crippen molar-refractivity contribution in [3.63, 3.8) is 0 Å². The summed E-state index contributed by atoms with van der Waals surface area (Å²) < 4.78 is 27.1. The molecule has 0 aliphatic carbocycles. The fourth-order valence-corrected chi connectivity index (χ4v) is 4.53. The van der Waals surface area contributed by atoms with Gasteiger partial charge in [0.1, 0.15) is 0 Å². The van der Waals surface area contributed by atoms with Crippen molar-refractivity contribution in [3.05, 3.63) is 57.4 Å². The third kappa shape index (κ3) is 4.42. The Labute approximate surface area is 153 Å². The molecule has 118 valence electrons. The van der Waals surface area contributed by atoms with Crippen molar-refractivity contribution in [3.8, 4) is 0 Å². The van der Waals surface area contributed by atoms with Crippen LogP contribution in [0.2, 0.25) is 0 Å². The van der Waals surface area contributed by atoms with Gasteiger partial charge in [-0.25, -0.2) is 8.42 Å². The molecule has 4 nitrogen and oxygen atoms in total. The van der Waals surface area contributed by atoms with E-state index < -0.39 is 10.0 Å². The van der Waals surface area contributed by atoms with Crippen molar-refractivity contribution < 1.29 is 8.42 Å². The largest absolute Gasteiger partial charge is 0.265 e.